The zero-order valence-corrected chi connectivity index (χ0v) is 13.9. The SMILES string of the molecule is CC[C@H]1C[C@@H](N=CN)CC1O[Si](C)(C)C(C)(C)C. The van der Waals surface area contributed by atoms with E-state index in [0.29, 0.717) is 18.1 Å². The summed E-state index contributed by atoms with van der Waals surface area (Å²) in [7, 11) is -1.66. The molecule has 1 aliphatic rings. The van der Waals surface area contributed by atoms with Crippen molar-refractivity contribution in [3.05, 3.63) is 0 Å². The molecule has 1 unspecified atom stereocenters. The Labute approximate surface area is 113 Å². The first-order valence-corrected chi connectivity index (χ1v) is 10.0. The molecule has 0 aromatic heterocycles. The van der Waals surface area contributed by atoms with Gasteiger partial charge in [0.15, 0.2) is 8.32 Å². The smallest absolute Gasteiger partial charge is 0.192 e. The van der Waals surface area contributed by atoms with Crippen molar-refractivity contribution in [1.82, 2.24) is 0 Å². The summed E-state index contributed by atoms with van der Waals surface area (Å²) in [6.45, 7) is 13.8. The number of rotatable bonds is 4. The fourth-order valence-electron chi connectivity index (χ4n) is 2.43. The van der Waals surface area contributed by atoms with Gasteiger partial charge >= 0.3 is 0 Å². The Bertz CT molecular complexity index is 297. The topological polar surface area (TPSA) is 47.6 Å². The van der Waals surface area contributed by atoms with Crippen LogP contribution in [-0.2, 0) is 4.43 Å². The molecule has 1 rings (SSSR count). The van der Waals surface area contributed by atoms with Gasteiger partial charge in [0.1, 0.15) is 0 Å². The molecule has 0 bridgehead atoms. The summed E-state index contributed by atoms with van der Waals surface area (Å²) < 4.78 is 6.57. The second kappa shape index (κ2) is 5.74. The molecule has 0 aromatic rings. The summed E-state index contributed by atoms with van der Waals surface area (Å²) in [5.74, 6) is 0.646. The van der Waals surface area contributed by atoms with E-state index in [1.165, 1.54) is 12.8 Å². The minimum absolute atomic E-state index is 0.278. The van der Waals surface area contributed by atoms with E-state index in [9.17, 15) is 0 Å². The van der Waals surface area contributed by atoms with E-state index >= 15 is 0 Å². The van der Waals surface area contributed by atoms with Crippen LogP contribution in [0.4, 0.5) is 0 Å². The molecule has 1 aliphatic carbocycles. The van der Waals surface area contributed by atoms with Crippen LogP contribution in [0, 0.1) is 5.92 Å². The van der Waals surface area contributed by atoms with Crippen molar-refractivity contribution >= 4 is 14.7 Å². The Hall–Kier alpha value is -0.353. The molecule has 2 N–H and O–H groups in total. The fraction of sp³-hybridized carbons (Fsp3) is 0.929. The standard InChI is InChI=1S/C14H30N2OSi/c1-7-11-8-12(16-10-15)9-13(11)17-18(5,6)14(2,3)4/h10-13H,7-9H2,1-6H3,(H2,15,16)/t11-,12+,13?/m0/s1. The number of aliphatic imine (C=N–C) groups is 1. The molecule has 0 radical (unpaired) electrons. The lowest BCUT2D eigenvalue weighted by Gasteiger charge is -2.39. The van der Waals surface area contributed by atoms with Crippen molar-refractivity contribution in [3.63, 3.8) is 0 Å². The summed E-state index contributed by atoms with van der Waals surface area (Å²) in [5.41, 5.74) is 5.41. The van der Waals surface area contributed by atoms with Crippen LogP contribution in [0.3, 0.4) is 0 Å². The number of nitrogens with two attached hydrogens (primary N) is 1. The molecule has 0 aliphatic heterocycles. The van der Waals surface area contributed by atoms with Crippen LogP contribution < -0.4 is 5.73 Å². The zero-order valence-electron chi connectivity index (χ0n) is 12.9. The molecule has 1 fully saturated rings. The maximum Gasteiger partial charge on any atom is 0.192 e. The Kier molecular flexibility index (Phi) is 5.01. The lowest BCUT2D eigenvalue weighted by molar-refractivity contribution is 0.138. The molecular formula is C14H30N2OSi. The van der Waals surface area contributed by atoms with Crippen LogP contribution >= 0.6 is 0 Å². The van der Waals surface area contributed by atoms with E-state index in [2.05, 4.69) is 45.8 Å². The van der Waals surface area contributed by atoms with Crippen LogP contribution in [0.5, 0.6) is 0 Å². The average molecular weight is 270 g/mol. The Morgan fingerprint density at radius 1 is 1.33 bits per heavy atom. The highest BCUT2D eigenvalue weighted by molar-refractivity contribution is 6.74. The summed E-state index contributed by atoms with van der Waals surface area (Å²) in [5, 5.41) is 0.278. The molecule has 4 heteroatoms. The summed E-state index contributed by atoms with van der Waals surface area (Å²) in [6.07, 6.45) is 5.18. The monoisotopic (exact) mass is 270 g/mol. The molecule has 0 heterocycles. The minimum atomic E-state index is -1.66. The first kappa shape index (κ1) is 15.7. The average Bonchev–Trinajstić information content (AvgIpc) is 2.58. The first-order valence-electron chi connectivity index (χ1n) is 7.12. The van der Waals surface area contributed by atoms with Gasteiger partial charge in [-0.2, -0.15) is 0 Å². The van der Waals surface area contributed by atoms with Gasteiger partial charge in [-0.3, -0.25) is 4.99 Å². The molecule has 0 spiro atoms. The van der Waals surface area contributed by atoms with Crippen LogP contribution in [0.1, 0.15) is 47.0 Å². The van der Waals surface area contributed by atoms with E-state index in [0.717, 1.165) is 12.8 Å². The number of hydrogen-bond acceptors (Lipinski definition) is 2. The Morgan fingerprint density at radius 2 is 1.94 bits per heavy atom. The van der Waals surface area contributed by atoms with Crippen LogP contribution in [0.25, 0.3) is 0 Å². The van der Waals surface area contributed by atoms with Gasteiger partial charge in [0.25, 0.3) is 0 Å². The first-order chi connectivity index (χ1) is 8.21. The molecule has 3 atom stereocenters. The summed E-state index contributed by atoms with van der Waals surface area (Å²) in [4.78, 5) is 4.35. The van der Waals surface area contributed by atoms with Gasteiger partial charge < -0.3 is 10.2 Å². The van der Waals surface area contributed by atoms with Gasteiger partial charge in [0.2, 0.25) is 0 Å². The van der Waals surface area contributed by atoms with Crippen LogP contribution in [0.15, 0.2) is 4.99 Å². The maximum absolute atomic E-state index is 6.57. The van der Waals surface area contributed by atoms with Gasteiger partial charge in [-0.25, -0.2) is 0 Å². The second-order valence-corrected chi connectivity index (χ2v) is 11.8. The van der Waals surface area contributed by atoms with E-state index in [-0.39, 0.29) is 5.04 Å². The maximum atomic E-state index is 6.57. The highest BCUT2D eigenvalue weighted by Crippen LogP contribution is 2.42. The van der Waals surface area contributed by atoms with Gasteiger partial charge in [0.05, 0.1) is 12.4 Å². The van der Waals surface area contributed by atoms with Gasteiger partial charge in [-0.15, -0.1) is 0 Å². The molecule has 0 amide bonds. The largest absolute Gasteiger partial charge is 0.414 e. The molecule has 0 saturated heterocycles. The molecule has 0 aromatic carbocycles. The zero-order chi connectivity index (χ0) is 14.0. The van der Waals surface area contributed by atoms with Crippen LogP contribution in [0.2, 0.25) is 18.1 Å². The van der Waals surface area contributed by atoms with E-state index in [4.69, 9.17) is 10.2 Å². The Balaban J connectivity index is 2.71. The predicted octanol–water partition coefficient (Wildman–Crippen LogP) is 3.55. The second-order valence-electron chi connectivity index (χ2n) is 7.01. The van der Waals surface area contributed by atoms with Gasteiger partial charge in [-0.05, 0) is 36.9 Å². The van der Waals surface area contributed by atoms with E-state index in [1.54, 1.807) is 0 Å². The number of hydrogen-bond donors (Lipinski definition) is 1. The Morgan fingerprint density at radius 3 is 2.39 bits per heavy atom. The lowest BCUT2D eigenvalue weighted by Crippen LogP contribution is -2.44. The van der Waals surface area contributed by atoms with E-state index in [1.807, 2.05) is 0 Å². The third-order valence-corrected chi connectivity index (χ3v) is 9.18. The van der Waals surface area contributed by atoms with Gasteiger partial charge in [-0.1, -0.05) is 34.1 Å². The quantitative estimate of drug-likeness (QED) is 0.482. The van der Waals surface area contributed by atoms with Crippen molar-refractivity contribution in [2.45, 2.75) is 77.2 Å². The molecular weight excluding hydrogens is 240 g/mol. The van der Waals surface area contributed by atoms with Crippen molar-refractivity contribution in [2.24, 2.45) is 16.6 Å². The molecule has 18 heavy (non-hydrogen) atoms. The van der Waals surface area contributed by atoms with E-state index < -0.39 is 8.32 Å². The third kappa shape index (κ3) is 3.57. The molecule has 1 saturated carbocycles. The normalized spacial score (nSPS) is 30.2. The third-order valence-electron chi connectivity index (χ3n) is 4.68. The van der Waals surface area contributed by atoms with Crippen LogP contribution in [-0.4, -0.2) is 26.8 Å². The molecule has 106 valence electrons. The highest BCUT2D eigenvalue weighted by atomic mass is 28.4. The molecule has 3 nitrogen and oxygen atoms in total. The lowest BCUT2D eigenvalue weighted by atomic mass is 10.0. The predicted molar refractivity (Wildman–Crippen MR) is 81.6 cm³/mol. The highest BCUT2D eigenvalue weighted by Gasteiger charge is 2.43. The van der Waals surface area contributed by atoms with Crippen molar-refractivity contribution in [3.8, 4) is 0 Å². The van der Waals surface area contributed by atoms with Crippen molar-refractivity contribution < 1.29 is 4.43 Å². The van der Waals surface area contributed by atoms with Gasteiger partial charge in [0, 0.05) is 6.10 Å². The van der Waals surface area contributed by atoms with Crippen molar-refractivity contribution in [1.29, 1.82) is 0 Å². The minimum Gasteiger partial charge on any atom is -0.414 e. The number of nitrogens with zero attached hydrogens (tertiary/aromatic N) is 1. The summed E-state index contributed by atoms with van der Waals surface area (Å²) >= 11 is 0. The summed E-state index contributed by atoms with van der Waals surface area (Å²) in [6, 6.07) is 0.370. The van der Waals surface area contributed by atoms with Crippen molar-refractivity contribution in [2.75, 3.05) is 0 Å². The fourth-order valence-corrected chi connectivity index (χ4v) is 3.83.